The fourth-order valence-corrected chi connectivity index (χ4v) is 5.13. The van der Waals surface area contributed by atoms with Gasteiger partial charge in [0.05, 0.1) is 37.0 Å². The number of imidazole rings is 1. The van der Waals surface area contributed by atoms with Crippen LogP contribution in [0.3, 0.4) is 0 Å². The van der Waals surface area contributed by atoms with Crippen LogP contribution in [0.25, 0.3) is 33.5 Å². The van der Waals surface area contributed by atoms with Crippen molar-refractivity contribution in [3.8, 4) is 28.8 Å². The van der Waals surface area contributed by atoms with Crippen molar-refractivity contribution in [1.82, 2.24) is 18.5 Å². The van der Waals surface area contributed by atoms with E-state index in [1.165, 1.54) is 48.0 Å². The van der Waals surface area contributed by atoms with Crippen molar-refractivity contribution in [2.75, 3.05) is 7.11 Å². The summed E-state index contributed by atoms with van der Waals surface area (Å²) in [7, 11) is 1.34. The molecule has 8 nitrogen and oxygen atoms in total. The number of methoxy groups -OCH3 is 1. The van der Waals surface area contributed by atoms with Gasteiger partial charge in [0.25, 0.3) is 5.56 Å². The molecule has 0 aliphatic carbocycles. The second kappa shape index (κ2) is 10.2. The van der Waals surface area contributed by atoms with Crippen LogP contribution in [-0.2, 0) is 6.54 Å². The van der Waals surface area contributed by atoms with Crippen molar-refractivity contribution in [2.45, 2.75) is 6.54 Å². The zero-order chi connectivity index (χ0) is 29.7. The van der Waals surface area contributed by atoms with E-state index in [2.05, 4.69) is 4.98 Å². The van der Waals surface area contributed by atoms with Crippen molar-refractivity contribution >= 4 is 28.2 Å². The van der Waals surface area contributed by atoms with E-state index < -0.39 is 35.2 Å². The number of rotatable bonds is 5. The molecule has 6 rings (SSSR count). The molecule has 0 radical (unpaired) electrons. The maximum atomic E-state index is 14.2. The molecular weight excluding hydrogens is 571 g/mol. The highest BCUT2D eigenvalue weighted by molar-refractivity contribution is 6.33. The van der Waals surface area contributed by atoms with Gasteiger partial charge >= 0.3 is 5.69 Å². The zero-order valence-electron chi connectivity index (χ0n) is 21.6. The van der Waals surface area contributed by atoms with Crippen molar-refractivity contribution in [2.24, 2.45) is 0 Å². The Balaban J connectivity index is 1.73. The highest BCUT2D eigenvalue weighted by Crippen LogP contribution is 2.35. The number of pyridine rings is 1. The average Bonchev–Trinajstić information content (AvgIpc) is 3.41. The van der Waals surface area contributed by atoms with E-state index in [4.69, 9.17) is 16.3 Å². The van der Waals surface area contributed by atoms with E-state index in [-0.39, 0.29) is 33.1 Å². The van der Waals surface area contributed by atoms with Crippen LogP contribution in [0.5, 0.6) is 5.75 Å². The second-order valence-corrected chi connectivity index (χ2v) is 9.71. The predicted molar refractivity (Wildman–Crippen MR) is 150 cm³/mol. The third kappa shape index (κ3) is 4.29. The fourth-order valence-electron chi connectivity index (χ4n) is 4.90. The Hall–Kier alpha value is -5.34. The molecule has 42 heavy (non-hydrogen) atoms. The molecule has 3 aromatic heterocycles. The molecule has 0 N–H and O–H groups in total. The first-order valence-corrected chi connectivity index (χ1v) is 12.7. The topological polar surface area (TPSA) is 94.3 Å². The normalized spacial score (nSPS) is 11.2. The highest BCUT2D eigenvalue weighted by Gasteiger charge is 2.23. The molecule has 0 bridgehead atoms. The van der Waals surface area contributed by atoms with E-state index in [1.54, 1.807) is 24.4 Å². The molecule has 0 spiro atoms. The lowest BCUT2D eigenvalue weighted by Gasteiger charge is -2.18. The van der Waals surface area contributed by atoms with E-state index in [9.17, 15) is 28.0 Å². The van der Waals surface area contributed by atoms with Gasteiger partial charge in [0, 0.05) is 16.8 Å². The Morgan fingerprint density at radius 3 is 2.50 bits per heavy atom. The standard InChI is InChI=1S/C30H17ClF3N5O3/c1-42-24-12-18(19-8-16(13-35)5-6-20(19)31)11-23-27(24)29(40)39(26-14-36-25-4-2-3-7-37(25)26)30(41)38(23)15-17-9-21(32)28(34)22(33)10-17/h2-12,14H,15H2,1H3. The summed E-state index contributed by atoms with van der Waals surface area (Å²) >= 11 is 6.45. The van der Waals surface area contributed by atoms with Crippen LogP contribution in [0.4, 0.5) is 13.2 Å². The van der Waals surface area contributed by atoms with E-state index >= 15 is 0 Å². The fraction of sp³-hybridized carbons (Fsp3) is 0.0667. The number of ether oxygens (including phenoxy) is 1. The highest BCUT2D eigenvalue weighted by atomic mass is 35.5. The van der Waals surface area contributed by atoms with Crippen LogP contribution in [-0.4, -0.2) is 25.6 Å². The maximum absolute atomic E-state index is 14.2. The predicted octanol–water partition coefficient (Wildman–Crippen LogP) is 5.47. The molecular formula is C30H17ClF3N5O3. The van der Waals surface area contributed by atoms with Crippen LogP contribution < -0.4 is 16.0 Å². The Labute approximate surface area is 239 Å². The van der Waals surface area contributed by atoms with Crippen LogP contribution >= 0.6 is 11.6 Å². The number of nitrogens with zero attached hydrogens (tertiary/aromatic N) is 5. The molecule has 0 aliphatic heterocycles. The van der Waals surface area contributed by atoms with Gasteiger partial charge in [0.1, 0.15) is 22.6 Å². The lowest BCUT2D eigenvalue weighted by molar-refractivity contribution is 0.419. The zero-order valence-corrected chi connectivity index (χ0v) is 22.4. The molecule has 12 heteroatoms. The minimum absolute atomic E-state index is 0.0256. The Morgan fingerprint density at radius 2 is 1.79 bits per heavy atom. The first-order valence-electron chi connectivity index (χ1n) is 12.3. The summed E-state index contributed by atoms with van der Waals surface area (Å²) in [5.41, 5.74) is -0.0422. The van der Waals surface area contributed by atoms with Crippen LogP contribution in [0.1, 0.15) is 11.1 Å². The van der Waals surface area contributed by atoms with Gasteiger partial charge in [0.2, 0.25) is 0 Å². The summed E-state index contributed by atoms with van der Waals surface area (Å²) in [6.45, 7) is -0.445. The van der Waals surface area contributed by atoms with Gasteiger partial charge in [-0.2, -0.15) is 5.26 Å². The first-order chi connectivity index (χ1) is 20.2. The monoisotopic (exact) mass is 587 g/mol. The summed E-state index contributed by atoms with van der Waals surface area (Å²) < 4.78 is 51.3. The third-order valence-electron chi connectivity index (χ3n) is 6.85. The van der Waals surface area contributed by atoms with Gasteiger partial charge < -0.3 is 4.74 Å². The third-order valence-corrected chi connectivity index (χ3v) is 7.18. The van der Waals surface area contributed by atoms with Gasteiger partial charge in [-0.3, -0.25) is 13.8 Å². The summed E-state index contributed by atoms with van der Waals surface area (Å²) in [4.78, 5) is 32.4. The maximum Gasteiger partial charge on any atom is 0.337 e. The van der Waals surface area contributed by atoms with Crippen molar-refractivity contribution < 1.29 is 17.9 Å². The number of hydrogen-bond acceptors (Lipinski definition) is 5. The molecule has 3 heterocycles. The number of halogens is 4. The Bertz CT molecular complexity index is 2210. The summed E-state index contributed by atoms with van der Waals surface area (Å²) in [6.07, 6.45) is 2.97. The molecule has 0 saturated carbocycles. The molecule has 0 fully saturated rings. The van der Waals surface area contributed by atoms with E-state index in [1.807, 2.05) is 6.07 Å². The second-order valence-electron chi connectivity index (χ2n) is 9.31. The Kier molecular flexibility index (Phi) is 6.55. The molecule has 208 valence electrons. The summed E-state index contributed by atoms with van der Waals surface area (Å²) in [5, 5.41) is 9.67. The number of fused-ring (bicyclic) bond motifs is 2. The van der Waals surface area contributed by atoms with Crippen LogP contribution in [0.2, 0.25) is 5.02 Å². The number of nitriles is 1. The lowest BCUT2D eigenvalue weighted by Crippen LogP contribution is -2.40. The van der Waals surface area contributed by atoms with Gasteiger partial charge in [-0.1, -0.05) is 17.7 Å². The Morgan fingerprint density at radius 1 is 1.02 bits per heavy atom. The minimum Gasteiger partial charge on any atom is -0.496 e. The molecule has 0 saturated heterocycles. The molecule has 0 aliphatic rings. The van der Waals surface area contributed by atoms with Crippen LogP contribution in [0.15, 0.2) is 82.6 Å². The average molecular weight is 588 g/mol. The summed E-state index contributed by atoms with van der Waals surface area (Å²) in [5.74, 6) is -4.34. The van der Waals surface area contributed by atoms with Crippen molar-refractivity contribution in [1.29, 1.82) is 5.26 Å². The van der Waals surface area contributed by atoms with Gasteiger partial charge in [0.15, 0.2) is 17.5 Å². The smallest absolute Gasteiger partial charge is 0.337 e. The minimum atomic E-state index is -1.65. The quantitative estimate of drug-likeness (QED) is 0.250. The molecule has 3 aromatic carbocycles. The molecule has 0 unspecified atom stereocenters. The molecule has 0 amide bonds. The lowest BCUT2D eigenvalue weighted by atomic mass is 10.0. The largest absolute Gasteiger partial charge is 0.496 e. The first kappa shape index (κ1) is 26.9. The van der Waals surface area contributed by atoms with Crippen LogP contribution in [0, 0.1) is 28.8 Å². The van der Waals surface area contributed by atoms with Crippen molar-refractivity contribution in [3.05, 3.63) is 127 Å². The number of hydrogen-bond donors (Lipinski definition) is 0. The van der Waals surface area contributed by atoms with Crippen molar-refractivity contribution in [3.63, 3.8) is 0 Å². The molecule has 6 aromatic rings. The molecule has 0 atom stereocenters. The summed E-state index contributed by atoms with van der Waals surface area (Å²) in [6, 6.07) is 16.3. The number of aromatic nitrogens is 4. The van der Waals surface area contributed by atoms with Gasteiger partial charge in [-0.25, -0.2) is 27.5 Å². The van der Waals surface area contributed by atoms with E-state index in [0.29, 0.717) is 22.3 Å². The van der Waals surface area contributed by atoms with E-state index in [0.717, 1.165) is 21.3 Å². The van der Waals surface area contributed by atoms with Gasteiger partial charge in [-0.05, 0) is 65.7 Å². The van der Waals surface area contributed by atoms with Gasteiger partial charge in [-0.15, -0.1) is 0 Å². The SMILES string of the molecule is COc1cc(-c2cc(C#N)ccc2Cl)cc2c1c(=O)n(-c1cnc3ccccn13)c(=O)n2Cc1cc(F)c(F)c(F)c1. The number of benzene rings is 3.